The van der Waals surface area contributed by atoms with Gasteiger partial charge in [-0.25, -0.2) is 4.98 Å². The van der Waals surface area contributed by atoms with Gasteiger partial charge in [-0.2, -0.15) is 0 Å². The summed E-state index contributed by atoms with van der Waals surface area (Å²) in [5.41, 5.74) is 1.68. The summed E-state index contributed by atoms with van der Waals surface area (Å²) in [7, 11) is 0. The number of carbonyl (C=O) groups excluding carboxylic acids is 1. The Morgan fingerprint density at radius 1 is 1.25 bits per heavy atom. The molecule has 1 N–H and O–H groups in total. The van der Waals surface area contributed by atoms with Gasteiger partial charge in [0.15, 0.2) is 0 Å². The molecule has 2 rings (SSSR count). The molecule has 0 unspecified atom stereocenters. The van der Waals surface area contributed by atoms with Crippen LogP contribution in [0.1, 0.15) is 43.9 Å². The van der Waals surface area contributed by atoms with Crippen LogP contribution >= 0.6 is 0 Å². The molecule has 2 aromatic rings. The van der Waals surface area contributed by atoms with E-state index in [1.165, 1.54) is 0 Å². The number of nitrogens with zero attached hydrogens (tertiary/aromatic N) is 2. The van der Waals surface area contributed by atoms with Gasteiger partial charge in [0.25, 0.3) is 5.91 Å². The molecule has 0 aliphatic heterocycles. The first kappa shape index (κ1) is 15.9. The lowest BCUT2D eigenvalue weighted by Crippen LogP contribution is -2.23. The number of carbonyl (C=O) groups is 1. The van der Waals surface area contributed by atoms with Crippen LogP contribution in [0.15, 0.2) is 28.8 Å². The van der Waals surface area contributed by atoms with Gasteiger partial charge < -0.3 is 9.84 Å². The predicted molar refractivity (Wildman–Crippen MR) is 78.5 cm³/mol. The zero-order chi connectivity index (χ0) is 15.0. The van der Waals surface area contributed by atoms with Crippen LogP contribution in [-0.2, 0) is 6.42 Å². The average Bonchev–Trinajstić information content (AvgIpc) is 2.99. The Labute approximate surface area is 119 Å². The number of hydrogen-bond acceptors (Lipinski definition) is 4. The molecular formula is C15H21N3O2. The minimum Gasteiger partial charge on any atom is -0.361 e. The molecular weight excluding hydrogens is 254 g/mol. The maximum Gasteiger partial charge on any atom is 0.269 e. The van der Waals surface area contributed by atoms with Crippen molar-refractivity contribution < 1.29 is 9.32 Å². The largest absolute Gasteiger partial charge is 0.361 e. The third kappa shape index (κ3) is 3.91. The van der Waals surface area contributed by atoms with E-state index in [0.29, 0.717) is 23.6 Å². The van der Waals surface area contributed by atoms with Crippen molar-refractivity contribution in [3.63, 3.8) is 0 Å². The highest BCUT2D eigenvalue weighted by Gasteiger charge is 2.10. The fraction of sp³-hybridized carbons (Fsp3) is 0.400. The van der Waals surface area contributed by atoms with Crippen molar-refractivity contribution in [3.05, 3.63) is 35.7 Å². The SMILES string of the molecule is CC.CCNC(=O)c1cccc(-c2cc(CC)on2)n1. The van der Waals surface area contributed by atoms with Gasteiger partial charge in [-0.3, -0.25) is 4.79 Å². The zero-order valence-electron chi connectivity index (χ0n) is 12.4. The summed E-state index contributed by atoms with van der Waals surface area (Å²) in [6, 6.07) is 7.10. The van der Waals surface area contributed by atoms with Gasteiger partial charge in [-0.1, -0.05) is 32.0 Å². The Bertz CT molecular complexity index is 550. The number of aromatic nitrogens is 2. The van der Waals surface area contributed by atoms with Gasteiger partial charge in [-0.15, -0.1) is 0 Å². The maximum absolute atomic E-state index is 11.7. The van der Waals surface area contributed by atoms with E-state index in [2.05, 4.69) is 15.5 Å². The summed E-state index contributed by atoms with van der Waals surface area (Å²) < 4.78 is 5.13. The molecule has 20 heavy (non-hydrogen) atoms. The molecule has 0 fully saturated rings. The Hall–Kier alpha value is -2.17. The first-order valence-corrected chi connectivity index (χ1v) is 6.95. The molecule has 0 radical (unpaired) electrons. The first-order valence-electron chi connectivity index (χ1n) is 6.95. The molecule has 5 nitrogen and oxygen atoms in total. The fourth-order valence-corrected chi connectivity index (χ4v) is 1.56. The highest BCUT2D eigenvalue weighted by Crippen LogP contribution is 2.17. The topological polar surface area (TPSA) is 68.0 Å². The lowest BCUT2D eigenvalue weighted by atomic mass is 10.2. The minimum atomic E-state index is -0.182. The summed E-state index contributed by atoms with van der Waals surface area (Å²) >= 11 is 0. The van der Waals surface area contributed by atoms with Crippen LogP contribution < -0.4 is 5.32 Å². The van der Waals surface area contributed by atoms with Crippen LogP contribution in [0.5, 0.6) is 0 Å². The summed E-state index contributed by atoms with van der Waals surface area (Å²) in [4.78, 5) is 15.9. The number of rotatable bonds is 4. The van der Waals surface area contributed by atoms with E-state index in [9.17, 15) is 4.79 Å². The molecule has 0 bridgehead atoms. The molecule has 0 saturated heterocycles. The number of hydrogen-bond donors (Lipinski definition) is 1. The van der Waals surface area contributed by atoms with E-state index in [4.69, 9.17) is 4.52 Å². The van der Waals surface area contributed by atoms with E-state index in [1.54, 1.807) is 18.2 Å². The minimum absolute atomic E-state index is 0.182. The monoisotopic (exact) mass is 275 g/mol. The van der Waals surface area contributed by atoms with Gasteiger partial charge in [0.1, 0.15) is 17.1 Å². The fourth-order valence-electron chi connectivity index (χ4n) is 1.56. The highest BCUT2D eigenvalue weighted by molar-refractivity contribution is 5.92. The van der Waals surface area contributed by atoms with E-state index in [1.807, 2.05) is 33.8 Å². The van der Waals surface area contributed by atoms with Crippen molar-refractivity contribution in [2.24, 2.45) is 0 Å². The second kappa shape index (κ2) is 8.09. The molecule has 1 amide bonds. The van der Waals surface area contributed by atoms with Crippen LogP contribution in [0.2, 0.25) is 0 Å². The number of amides is 1. The van der Waals surface area contributed by atoms with E-state index in [-0.39, 0.29) is 5.91 Å². The number of nitrogens with one attached hydrogen (secondary N) is 1. The van der Waals surface area contributed by atoms with E-state index >= 15 is 0 Å². The molecule has 0 spiro atoms. The average molecular weight is 275 g/mol. The third-order valence-electron chi connectivity index (χ3n) is 2.49. The van der Waals surface area contributed by atoms with Crippen molar-refractivity contribution in [2.75, 3.05) is 6.54 Å². The van der Waals surface area contributed by atoms with Crippen molar-refractivity contribution in [1.29, 1.82) is 0 Å². The van der Waals surface area contributed by atoms with Gasteiger partial charge in [0.2, 0.25) is 0 Å². The zero-order valence-corrected chi connectivity index (χ0v) is 12.4. The van der Waals surface area contributed by atoms with Crippen LogP contribution in [0, 0.1) is 0 Å². The quantitative estimate of drug-likeness (QED) is 0.931. The third-order valence-corrected chi connectivity index (χ3v) is 2.49. The van der Waals surface area contributed by atoms with Gasteiger partial charge in [-0.05, 0) is 19.1 Å². The second-order valence-electron chi connectivity index (χ2n) is 3.80. The van der Waals surface area contributed by atoms with Crippen molar-refractivity contribution >= 4 is 5.91 Å². The first-order chi connectivity index (χ1) is 9.74. The Morgan fingerprint density at radius 2 is 2.00 bits per heavy atom. The molecule has 108 valence electrons. The summed E-state index contributed by atoms with van der Waals surface area (Å²) in [5, 5.41) is 6.65. The molecule has 0 aromatic carbocycles. The van der Waals surface area contributed by atoms with Crippen LogP contribution in [0.4, 0.5) is 0 Å². The molecule has 0 atom stereocenters. The predicted octanol–water partition coefficient (Wildman–Crippen LogP) is 3.07. The van der Waals surface area contributed by atoms with Gasteiger partial charge in [0.05, 0.1) is 5.69 Å². The number of aryl methyl sites for hydroxylation is 1. The molecule has 2 aromatic heterocycles. The highest BCUT2D eigenvalue weighted by atomic mass is 16.5. The Balaban J connectivity index is 0.000000956. The Kier molecular flexibility index (Phi) is 6.43. The van der Waals surface area contributed by atoms with E-state index in [0.717, 1.165) is 12.2 Å². The maximum atomic E-state index is 11.7. The lowest BCUT2D eigenvalue weighted by molar-refractivity contribution is 0.0951. The van der Waals surface area contributed by atoms with Crippen LogP contribution in [-0.4, -0.2) is 22.6 Å². The van der Waals surface area contributed by atoms with Gasteiger partial charge in [0, 0.05) is 19.0 Å². The molecule has 0 aliphatic carbocycles. The summed E-state index contributed by atoms with van der Waals surface area (Å²) in [6.07, 6.45) is 0.781. The Morgan fingerprint density at radius 3 is 2.60 bits per heavy atom. The standard InChI is InChI=1S/C13H15N3O2.C2H6/c1-3-9-8-12(16-18-9)10-6-5-7-11(15-10)13(17)14-4-2;1-2/h5-8H,3-4H2,1-2H3,(H,14,17);1-2H3. The lowest BCUT2D eigenvalue weighted by Gasteiger charge is -2.02. The van der Waals surface area contributed by atoms with Crippen molar-refractivity contribution in [1.82, 2.24) is 15.5 Å². The molecule has 0 saturated carbocycles. The summed E-state index contributed by atoms with van der Waals surface area (Å²) in [6.45, 7) is 8.43. The second-order valence-corrected chi connectivity index (χ2v) is 3.80. The molecule has 5 heteroatoms. The smallest absolute Gasteiger partial charge is 0.269 e. The molecule has 0 aliphatic rings. The van der Waals surface area contributed by atoms with Crippen molar-refractivity contribution in [3.8, 4) is 11.4 Å². The summed E-state index contributed by atoms with van der Waals surface area (Å²) in [5.74, 6) is 0.619. The van der Waals surface area contributed by atoms with Crippen molar-refractivity contribution in [2.45, 2.75) is 34.1 Å². The molecule has 2 heterocycles. The van der Waals surface area contributed by atoms with Crippen LogP contribution in [0.3, 0.4) is 0 Å². The normalized spacial score (nSPS) is 9.60. The van der Waals surface area contributed by atoms with E-state index < -0.39 is 0 Å². The van der Waals surface area contributed by atoms with Gasteiger partial charge >= 0.3 is 0 Å². The number of pyridine rings is 1. The van der Waals surface area contributed by atoms with Crippen LogP contribution in [0.25, 0.3) is 11.4 Å².